The average molecular weight is 422 g/mol. The maximum absolute atomic E-state index is 13.0. The number of aryl methyl sites for hydroxylation is 1. The van der Waals surface area contributed by atoms with E-state index < -0.39 is 5.97 Å². The van der Waals surface area contributed by atoms with Crippen molar-refractivity contribution in [2.24, 2.45) is 5.92 Å². The van der Waals surface area contributed by atoms with E-state index in [0.29, 0.717) is 17.2 Å². The number of carboxylic acids is 1. The first-order chi connectivity index (χ1) is 15.0. The second-order valence-corrected chi connectivity index (χ2v) is 8.77. The number of hydrogen-bond acceptors (Lipinski definition) is 4. The number of carbonyl (C=O) groups excluding carboxylic acids is 1. The zero-order valence-corrected chi connectivity index (χ0v) is 18.1. The third kappa shape index (κ3) is 5.07. The van der Waals surface area contributed by atoms with Crippen LogP contribution in [0, 0.1) is 12.8 Å². The number of aromatic carboxylic acids is 1. The third-order valence-electron chi connectivity index (χ3n) is 6.46. The van der Waals surface area contributed by atoms with E-state index in [4.69, 9.17) is 0 Å². The number of carbonyl (C=O) groups is 2. The molecule has 1 amide bonds. The van der Waals surface area contributed by atoms with Gasteiger partial charge in [-0.25, -0.2) is 4.79 Å². The van der Waals surface area contributed by atoms with Gasteiger partial charge in [0.1, 0.15) is 0 Å². The topological polar surface area (TPSA) is 72.9 Å². The molecule has 4 rings (SSSR count). The molecular formula is C25H31N3O3. The maximum Gasteiger partial charge on any atom is 0.335 e. The molecular weight excluding hydrogens is 390 g/mol. The number of amides is 1. The van der Waals surface area contributed by atoms with Crippen LogP contribution in [0.15, 0.2) is 42.5 Å². The fourth-order valence-electron chi connectivity index (χ4n) is 4.83. The van der Waals surface area contributed by atoms with Gasteiger partial charge in [-0.2, -0.15) is 0 Å². The Hall–Kier alpha value is -2.86. The second-order valence-electron chi connectivity index (χ2n) is 8.77. The molecule has 2 N–H and O–H groups in total. The summed E-state index contributed by atoms with van der Waals surface area (Å²) in [5.74, 6) is -0.623. The van der Waals surface area contributed by atoms with Gasteiger partial charge in [0.05, 0.1) is 16.9 Å². The Balaban J connectivity index is 1.57. The van der Waals surface area contributed by atoms with Gasteiger partial charge in [-0.3, -0.25) is 4.79 Å². The summed E-state index contributed by atoms with van der Waals surface area (Å²) in [6.45, 7) is 7.25. The molecule has 6 nitrogen and oxygen atoms in total. The van der Waals surface area contributed by atoms with E-state index >= 15 is 0 Å². The Kier molecular flexibility index (Phi) is 6.56. The number of rotatable bonds is 6. The summed E-state index contributed by atoms with van der Waals surface area (Å²) in [4.78, 5) is 29.4. The van der Waals surface area contributed by atoms with Crippen LogP contribution in [0.2, 0.25) is 0 Å². The first-order valence-corrected chi connectivity index (χ1v) is 11.2. The normalized spacial score (nSPS) is 19.4. The van der Waals surface area contributed by atoms with Gasteiger partial charge in [-0.1, -0.05) is 18.2 Å². The first kappa shape index (κ1) is 21.4. The largest absolute Gasteiger partial charge is 0.478 e. The molecule has 0 radical (unpaired) electrons. The Bertz CT molecular complexity index is 953. The highest BCUT2D eigenvalue weighted by Crippen LogP contribution is 2.32. The minimum atomic E-state index is -0.997. The summed E-state index contributed by atoms with van der Waals surface area (Å²) in [5, 5.41) is 12.5. The lowest BCUT2D eigenvalue weighted by atomic mass is 9.96. The molecule has 6 heteroatoms. The van der Waals surface area contributed by atoms with Crippen molar-refractivity contribution in [1.29, 1.82) is 0 Å². The van der Waals surface area contributed by atoms with Crippen molar-refractivity contribution in [2.45, 2.75) is 32.6 Å². The van der Waals surface area contributed by atoms with Gasteiger partial charge >= 0.3 is 5.97 Å². The molecule has 164 valence electrons. The van der Waals surface area contributed by atoms with Crippen LogP contribution in [-0.4, -0.2) is 54.6 Å². The fourth-order valence-corrected chi connectivity index (χ4v) is 4.83. The summed E-state index contributed by atoms with van der Waals surface area (Å²) in [6.07, 6.45) is 4.90. The van der Waals surface area contributed by atoms with E-state index in [1.54, 1.807) is 18.2 Å². The van der Waals surface area contributed by atoms with Gasteiger partial charge in [0.15, 0.2) is 0 Å². The van der Waals surface area contributed by atoms with Gasteiger partial charge < -0.3 is 20.2 Å². The number of benzene rings is 2. The summed E-state index contributed by atoms with van der Waals surface area (Å²) < 4.78 is 0. The average Bonchev–Trinajstić information content (AvgIpc) is 3.27. The van der Waals surface area contributed by atoms with Gasteiger partial charge in [0, 0.05) is 25.2 Å². The van der Waals surface area contributed by atoms with E-state index in [2.05, 4.69) is 15.1 Å². The van der Waals surface area contributed by atoms with Crippen molar-refractivity contribution in [3.63, 3.8) is 0 Å². The van der Waals surface area contributed by atoms with Crippen LogP contribution in [0.1, 0.15) is 52.0 Å². The smallest absolute Gasteiger partial charge is 0.335 e. The fraction of sp³-hybridized carbons (Fsp3) is 0.440. The predicted octanol–water partition coefficient (Wildman–Crippen LogP) is 4.26. The van der Waals surface area contributed by atoms with Crippen LogP contribution >= 0.6 is 0 Å². The van der Waals surface area contributed by atoms with Crippen LogP contribution < -0.4 is 10.2 Å². The van der Waals surface area contributed by atoms with Crippen LogP contribution in [0.3, 0.4) is 0 Å². The summed E-state index contributed by atoms with van der Waals surface area (Å²) in [5.41, 5.74) is 3.13. The zero-order chi connectivity index (χ0) is 21.8. The summed E-state index contributed by atoms with van der Waals surface area (Å²) in [6, 6.07) is 12.5. The molecule has 0 unspecified atom stereocenters. The standard InChI is InChI=1S/C25H31N3O3/c1-18-7-2-3-9-21(18)24(29)26-22-15-20(25(30)31)10-11-23(22)28-14-6-8-19(17-28)16-27-12-4-5-13-27/h2-3,7,9-11,15,19H,4-6,8,12-14,16-17H2,1H3,(H,26,29)(H,30,31)/t19-/m1/s1. The number of anilines is 2. The summed E-state index contributed by atoms with van der Waals surface area (Å²) in [7, 11) is 0. The van der Waals surface area contributed by atoms with Crippen molar-refractivity contribution in [3.05, 3.63) is 59.2 Å². The highest BCUT2D eigenvalue weighted by Gasteiger charge is 2.26. The molecule has 2 aromatic rings. The lowest BCUT2D eigenvalue weighted by molar-refractivity contribution is 0.0696. The van der Waals surface area contributed by atoms with E-state index in [1.165, 1.54) is 32.4 Å². The van der Waals surface area contributed by atoms with Gasteiger partial charge in [-0.15, -0.1) is 0 Å². The minimum absolute atomic E-state index is 0.175. The molecule has 2 aliphatic rings. The van der Waals surface area contributed by atoms with Crippen LogP contribution in [-0.2, 0) is 0 Å². The van der Waals surface area contributed by atoms with Crippen molar-refractivity contribution < 1.29 is 14.7 Å². The summed E-state index contributed by atoms with van der Waals surface area (Å²) >= 11 is 0. The molecule has 2 aromatic carbocycles. The molecule has 0 aromatic heterocycles. The maximum atomic E-state index is 13.0. The van der Waals surface area contributed by atoms with Crippen molar-refractivity contribution >= 4 is 23.3 Å². The van der Waals surface area contributed by atoms with E-state index in [-0.39, 0.29) is 11.5 Å². The SMILES string of the molecule is Cc1ccccc1C(=O)Nc1cc(C(=O)O)ccc1N1CCC[C@H](CN2CCCC2)C1. The highest BCUT2D eigenvalue weighted by atomic mass is 16.4. The number of carboxylic acid groups (broad SMARTS) is 1. The van der Waals surface area contributed by atoms with E-state index in [0.717, 1.165) is 37.3 Å². The van der Waals surface area contributed by atoms with Gasteiger partial charge in [-0.05, 0) is 81.4 Å². The Labute approximate surface area is 183 Å². The first-order valence-electron chi connectivity index (χ1n) is 11.2. The molecule has 0 saturated carbocycles. The number of hydrogen-bond donors (Lipinski definition) is 2. The Morgan fingerprint density at radius 2 is 1.84 bits per heavy atom. The molecule has 2 aliphatic heterocycles. The minimum Gasteiger partial charge on any atom is -0.478 e. The van der Waals surface area contributed by atoms with Gasteiger partial charge in [0.25, 0.3) is 5.91 Å². The molecule has 0 bridgehead atoms. The lowest BCUT2D eigenvalue weighted by Gasteiger charge is -2.37. The van der Waals surface area contributed by atoms with E-state index in [1.807, 2.05) is 31.2 Å². The monoisotopic (exact) mass is 421 g/mol. The molecule has 2 heterocycles. The lowest BCUT2D eigenvalue weighted by Crippen LogP contribution is -2.40. The number of nitrogens with one attached hydrogen (secondary N) is 1. The predicted molar refractivity (Wildman–Crippen MR) is 123 cm³/mol. The number of nitrogens with zero attached hydrogens (tertiary/aromatic N) is 2. The molecule has 31 heavy (non-hydrogen) atoms. The second kappa shape index (κ2) is 9.52. The highest BCUT2D eigenvalue weighted by molar-refractivity contribution is 6.07. The third-order valence-corrected chi connectivity index (χ3v) is 6.46. The van der Waals surface area contributed by atoms with Crippen molar-refractivity contribution in [2.75, 3.05) is 42.9 Å². The quantitative estimate of drug-likeness (QED) is 0.729. The van der Waals surface area contributed by atoms with E-state index in [9.17, 15) is 14.7 Å². The molecule has 0 aliphatic carbocycles. The molecule has 0 spiro atoms. The zero-order valence-electron chi connectivity index (χ0n) is 18.1. The van der Waals surface area contributed by atoms with Crippen LogP contribution in [0.5, 0.6) is 0 Å². The molecule has 2 fully saturated rings. The van der Waals surface area contributed by atoms with Crippen LogP contribution in [0.25, 0.3) is 0 Å². The Morgan fingerprint density at radius 1 is 1.06 bits per heavy atom. The van der Waals surface area contributed by atoms with Crippen molar-refractivity contribution in [3.8, 4) is 0 Å². The number of piperidine rings is 1. The number of likely N-dealkylation sites (tertiary alicyclic amines) is 1. The van der Waals surface area contributed by atoms with Gasteiger partial charge in [0.2, 0.25) is 0 Å². The van der Waals surface area contributed by atoms with Crippen molar-refractivity contribution in [1.82, 2.24) is 4.90 Å². The molecule has 2 saturated heterocycles. The Morgan fingerprint density at radius 3 is 2.58 bits per heavy atom. The molecule has 1 atom stereocenters. The van der Waals surface area contributed by atoms with Crippen LogP contribution in [0.4, 0.5) is 11.4 Å².